The first-order chi connectivity index (χ1) is 9.06. The second kappa shape index (κ2) is 6.81. The zero-order valence-corrected chi connectivity index (χ0v) is 10.2. The Hall–Kier alpha value is -2.81. The minimum atomic E-state index is -1.11. The molecule has 0 aromatic heterocycles. The summed E-state index contributed by atoms with van der Waals surface area (Å²) in [4.78, 5) is 23.6. The molecule has 98 valence electrons. The fourth-order valence-electron chi connectivity index (χ4n) is 1.41. The summed E-state index contributed by atoms with van der Waals surface area (Å²) in [6, 6.07) is 7.75. The van der Waals surface area contributed by atoms with Gasteiger partial charge in [-0.1, -0.05) is 12.1 Å². The Balaban J connectivity index is 2.77. The molecule has 0 atom stereocenters. The molecule has 6 heteroatoms. The molecule has 0 aliphatic heterocycles. The predicted octanol–water partition coefficient (Wildman–Crippen LogP) is 1.66. The van der Waals surface area contributed by atoms with E-state index in [1.165, 1.54) is 12.1 Å². The van der Waals surface area contributed by atoms with Gasteiger partial charge in [-0.3, -0.25) is 4.79 Å². The van der Waals surface area contributed by atoms with E-state index in [0.29, 0.717) is 11.3 Å². The first kappa shape index (κ1) is 14.3. The Labute approximate surface area is 110 Å². The third-order valence-electron chi connectivity index (χ3n) is 2.21. The molecule has 0 heterocycles. The molecular formula is C13H13N3O3. The van der Waals surface area contributed by atoms with Crippen LogP contribution in [0.4, 0.5) is 10.5 Å². The van der Waals surface area contributed by atoms with Crippen LogP contribution in [0.25, 0.3) is 0 Å². The highest BCUT2D eigenvalue weighted by atomic mass is 16.4. The van der Waals surface area contributed by atoms with E-state index in [4.69, 9.17) is 10.4 Å². The van der Waals surface area contributed by atoms with Crippen LogP contribution in [0.2, 0.25) is 0 Å². The largest absolute Gasteiger partial charge is 0.480 e. The average Bonchev–Trinajstić information content (AvgIpc) is 2.38. The van der Waals surface area contributed by atoms with Gasteiger partial charge in [0, 0.05) is 12.2 Å². The summed E-state index contributed by atoms with van der Waals surface area (Å²) in [6.07, 6.45) is 1.44. The molecule has 0 saturated carbocycles. The maximum absolute atomic E-state index is 11.9. The lowest BCUT2D eigenvalue weighted by Gasteiger charge is -2.19. The number of urea groups is 1. The molecule has 0 unspecified atom stereocenters. The number of benzene rings is 1. The summed E-state index contributed by atoms with van der Waals surface area (Å²) in [5.74, 6) is -1.11. The van der Waals surface area contributed by atoms with Crippen molar-refractivity contribution < 1.29 is 14.7 Å². The van der Waals surface area contributed by atoms with Gasteiger partial charge in [-0.2, -0.15) is 5.26 Å². The number of nitrogens with zero attached hydrogens (tertiary/aromatic N) is 2. The fraction of sp³-hybridized carbons (Fsp3) is 0.154. The number of hydrogen-bond acceptors (Lipinski definition) is 3. The van der Waals surface area contributed by atoms with Gasteiger partial charge in [0.2, 0.25) is 0 Å². The third kappa shape index (κ3) is 4.52. The lowest BCUT2D eigenvalue weighted by Crippen LogP contribution is -2.38. The van der Waals surface area contributed by atoms with E-state index in [0.717, 1.165) is 4.90 Å². The van der Waals surface area contributed by atoms with Gasteiger partial charge >= 0.3 is 12.0 Å². The summed E-state index contributed by atoms with van der Waals surface area (Å²) >= 11 is 0. The topological polar surface area (TPSA) is 93.4 Å². The molecule has 1 rings (SSSR count). The van der Waals surface area contributed by atoms with Gasteiger partial charge in [-0.15, -0.1) is 6.58 Å². The maximum atomic E-state index is 11.9. The minimum Gasteiger partial charge on any atom is -0.480 e. The van der Waals surface area contributed by atoms with Crippen molar-refractivity contribution in [2.45, 2.75) is 0 Å². The van der Waals surface area contributed by atoms with Crippen molar-refractivity contribution in [2.75, 3.05) is 18.4 Å². The minimum absolute atomic E-state index is 0.121. The summed E-state index contributed by atoms with van der Waals surface area (Å²) in [6.45, 7) is 3.17. The van der Waals surface area contributed by atoms with Crippen molar-refractivity contribution in [3.8, 4) is 6.07 Å². The van der Waals surface area contributed by atoms with Gasteiger partial charge in [-0.05, 0) is 18.2 Å². The molecule has 0 bridgehead atoms. The number of rotatable bonds is 5. The standard InChI is InChI=1S/C13H13N3O3/c1-2-6-16(9-12(17)18)13(19)15-11-5-3-4-10(7-11)8-14/h2-5,7H,1,6,9H2,(H,15,19)(H,17,18). The smallest absolute Gasteiger partial charge is 0.323 e. The maximum Gasteiger partial charge on any atom is 0.323 e. The fourth-order valence-corrected chi connectivity index (χ4v) is 1.41. The number of carbonyl (C=O) groups is 2. The van der Waals surface area contributed by atoms with E-state index in [1.54, 1.807) is 18.2 Å². The molecule has 0 spiro atoms. The van der Waals surface area contributed by atoms with Crippen LogP contribution in [0, 0.1) is 11.3 Å². The monoisotopic (exact) mass is 259 g/mol. The van der Waals surface area contributed by atoms with Gasteiger partial charge in [0.1, 0.15) is 6.54 Å². The third-order valence-corrected chi connectivity index (χ3v) is 2.21. The summed E-state index contributed by atoms with van der Waals surface area (Å²) in [5, 5.41) is 20.0. The second-order valence-electron chi connectivity index (χ2n) is 3.69. The van der Waals surface area contributed by atoms with Crippen molar-refractivity contribution in [1.29, 1.82) is 5.26 Å². The van der Waals surface area contributed by atoms with Crippen LogP contribution in [0.3, 0.4) is 0 Å². The van der Waals surface area contributed by atoms with Crippen molar-refractivity contribution in [2.24, 2.45) is 0 Å². The summed E-state index contributed by atoms with van der Waals surface area (Å²) < 4.78 is 0. The number of anilines is 1. The number of nitrogens with one attached hydrogen (secondary N) is 1. The highest BCUT2D eigenvalue weighted by Crippen LogP contribution is 2.10. The predicted molar refractivity (Wildman–Crippen MR) is 69.6 cm³/mol. The Morgan fingerprint density at radius 3 is 2.84 bits per heavy atom. The molecule has 1 aromatic carbocycles. The first-order valence-corrected chi connectivity index (χ1v) is 5.45. The first-order valence-electron chi connectivity index (χ1n) is 5.45. The molecule has 0 aliphatic carbocycles. The van der Waals surface area contributed by atoms with Crippen LogP contribution >= 0.6 is 0 Å². The van der Waals surface area contributed by atoms with Crippen LogP contribution < -0.4 is 5.32 Å². The normalized spacial score (nSPS) is 9.21. The Kier molecular flexibility index (Phi) is 5.11. The van der Waals surface area contributed by atoms with E-state index in [2.05, 4.69) is 11.9 Å². The zero-order valence-electron chi connectivity index (χ0n) is 10.2. The Morgan fingerprint density at radius 1 is 1.53 bits per heavy atom. The molecule has 19 heavy (non-hydrogen) atoms. The van der Waals surface area contributed by atoms with Crippen molar-refractivity contribution in [1.82, 2.24) is 4.90 Å². The van der Waals surface area contributed by atoms with Crippen LogP contribution in [0.1, 0.15) is 5.56 Å². The number of carboxylic acid groups (broad SMARTS) is 1. The van der Waals surface area contributed by atoms with Crippen LogP contribution in [0.15, 0.2) is 36.9 Å². The number of carbonyl (C=O) groups excluding carboxylic acids is 1. The van der Waals surface area contributed by atoms with E-state index < -0.39 is 18.5 Å². The SMILES string of the molecule is C=CCN(CC(=O)O)C(=O)Nc1cccc(C#N)c1. The van der Waals surface area contributed by atoms with Gasteiger partial charge < -0.3 is 15.3 Å². The number of nitriles is 1. The number of amides is 2. The Bertz CT molecular complexity index is 534. The van der Waals surface area contributed by atoms with E-state index in [9.17, 15) is 9.59 Å². The second-order valence-corrected chi connectivity index (χ2v) is 3.69. The van der Waals surface area contributed by atoms with Gasteiger partial charge in [0.25, 0.3) is 0 Å². The number of aliphatic carboxylic acids is 1. The molecule has 2 amide bonds. The molecule has 6 nitrogen and oxygen atoms in total. The highest BCUT2D eigenvalue weighted by Gasteiger charge is 2.15. The molecular weight excluding hydrogens is 246 g/mol. The molecule has 1 aromatic rings. The zero-order chi connectivity index (χ0) is 14.3. The average molecular weight is 259 g/mol. The van der Waals surface area contributed by atoms with Crippen molar-refractivity contribution in [3.05, 3.63) is 42.5 Å². The van der Waals surface area contributed by atoms with E-state index >= 15 is 0 Å². The summed E-state index contributed by atoms with van der Waals surface area (Å²) in [7, 11) is 0. The molecule has 2 N–H and O–H groups in total. The van der Waals surface area contributed by atoms with Crippen molar-refractivity contribution in [3.63, 3.8) is 0 Å². The van der Waals surface area contributed by atoms with Crippen LogP contribution in [-0.2, 0) is 4.79 Å². The Morgan fingerprint density at radius 2 is 2.26 bits per heavy atom. The van der Waals surface area contributed by atoms with Gasteiger partial charge in [0.05, 0.1) is 11.6 Å². The number of hydrogen-bond donors (Lipinski definition) is 2. The van der Waals surface area contributed by atoms with E-state index in [1.807, 2.05) is 6.07 Å². The van der Waals surface area contributed by atoms with E-state index in [-0.39, 0.29) is 6.54 Å². The highest BCUT2D eigenvalue weighted by molar-refractivity contribution is 5.91. The molecule has 0 aliphatic rings. The van der Waals surface area contributed by atoms with Crippen molar-refractivity contribution >= 4 is 17.7 Å². The lowest BCUT2D eigenvalue weighted by atomic mass is 10.2. The molecule has 0 radical (unpaired) electrons. The molecule has 0 saturated heterocycles. The van der Waals surface area contributed by atoms with Crippen LogP contribution in [-0.4, -0.2) is 35.1 Å². The quantitative estimate of drug-likeness (QED) is 0.786. The van der Waals surface area contributed by atoms with Gasteiger partial charge in [-0.25, -0.2) is 4.79 Å². The summed E-state index contributed by atoms with van der Waals surface area (Å²) in [5.41, 5.74) is 0.842. The van der Waals surface area contributed by atoms with Gasteiger partial charge in [0.15, 0.2) is 0 Å². The van der Waals surface area contributed by atoms with Crippen LogP contribution in [0.5, 0.6) is 0 Å². The molecule has 0 fully saturated rings. The number of carboxylic acids is 1. The lowest BCUT2D eigenvalue weighted by molar-refractivity contribution is -0.137.